The van der Waals surface area contributed by atoms with E-state index in [-0.39, 0.29) is 4.99 Å². The second kappa shape index (κ2) is 5.95. The van der Waals surface area contributed by atoms with E-state index in [4.69, 9.17) is 23.7 Å². The molecule has 0 spiro atoms. The predicted molar refractivity (Wildman–Crippen MR) is 102 cm³/mol. The fraction of sp³-hybridized carbons (Fsp3) is 0. The van der Waals surface area contributed by atoms with Crippen molar-refractivity contribution in [3.8, 4) is 22.6 Å². The van der Waals surface area contributed by atoms with Crippen molar-refractivity contribution >= 4 is 28.5 Å². The van der Waals surface area contributed by atoms with Gasteiger partial charge in [0.1, 0.15) is 4.99 Å². The number of anilines is 1. The van der Waals surface area contributed by atoms with Gasteiger partial charge in [-0.15, -0.1) is 5.10 Å². The second-order valence-corrected chi connectivity index (χ2v) is 5.97. The molecule has 0 aliphatic carbocycles. The van der Waals surface area contributed by atoms with Crippen molar-refractivity contribution in [1.29, 1.82) is 0 Å². The first-order valence-corrected chi connectivity index (χ1v) is 8.00. The molecule has 0 atom stereocenters. The lowest BCUT2D eigenvalue weighted by Crippen LogP contribution is -2.12. The Labute approximate surface area is 149 Å². The van der Waals surface area contributed by atoms with Gasteiger partial charge in [-0.25, -0.2) is 9.50 Å². The molecule has 0 bridgehead atoms. The Bertz CT molecular complexity index is 1070. The summed E-state index contributed by atoms with van der Waals surface area (Å²) in [5.74, 6) is 0.582. The van der Waals surface area contributed by atoms with Crippen LogP contribution in [0.25, 0.3) is 28.3 Å². The molecule has 1 aromatic carbocycles. The quantitative estimate of drug-likeness (QED) is 0.437. The largest absolute Gasteiger partial charge is 0.399 e. The van der Waals surface area contributed by atoms with Crippen molar-refractivity contribution < 1.29 is 0 Å². The summed E-state index contributed by atoms with van der Waals surface area (Å²) in [5.41, 5.74) is 16.3. The number of thiocarbonyl (C=S) groups is 1. The Balaban J connectivity index is 1.98. The summed E-state index contributed by atoms with van der Waals surface area (Å²) in [5, 5.41) is 4.66. The molecule has 0 fully saturated rings. The lowest BCUT2D eigenvalue weighted by atomic mass is 10.1. The summed E-state index contributed by atoms with van der Waals surface area (Å²) in [4.78, 5) is 8.99. The summed E-state index contributed by atoms with van der Waals surface area (Å²) in [6.45, 7) is 0. The number of nitrogen functional groups attached to an aromatic ring is 1. The third-order valence-corrected chi connectivity index (χ3v) is 4.11. The lowest BCUT2D eigenvalue weighted by Gasteiger charge is -2.06. The first-order chi connectivity index (χ1) is 12.1. The van der Waals surface area contributed by atoms with Crippen LogP contribution in [0.5, 0.6) is 0 Å². The third-order valence-electron chi connectivity index (χ3n) is 3.89. The molecule has 0 radical (unpaired) electrons. The van der Waals surface area contributed by atoms with E-state index in [1.54, 1.807) is 16.9 Å². The van der Waals surface area contributed by atoms with Crippen molar-refractivity contribution in [2.24, 2.45) is 5.73 Å². The molecule has 7 heteroatoms. The summed E-state index contributed by atoms with van der Waals surface area (Å²) in [6.07, 6.45) is 3.47. The molecule has 4 aromatic rings. The molecule has 6 nitrogen and oxygen atoms in total. The van der Waals surface area contributed by atoms with E-state index in [9.17, 15) is 0 Å². The summed E-state index contributed by atoms with van der Waals surface area (Å²) >= 11 is 5.16. The predicted octanol–water partition coefficient (Wildman–Crippen LogP) is 2.67. The van der Waals surface area contributed by atoms with Crippen molar-refractivity contribution in [3.63, 3.8) is 0 Å². The Hall–Kier alpha value is -3.32. The van der Waals surface area contributed by atoms with Gasteiger partial charge in [0, 0.05) is 29.2 Å². The minimum Gasteiger partial charge on any atom is -0.399 e. The second-order valence-electron chi connectivity index (χ2n) is 5.53. The molecule has 3 heterocycles. The maximum Gasteiger partial charge on any atom is 0.182 e. The monoisotopic (exact) mass is 346 g/mol. The van der Waals surface area contributed by atoms with E-state index in [2.05, 4.69) is 15.1 Å². The molecule has 3 aromatic heterocycles. The highest BCUT2D eigenvalue weighted by Crippen LogP contribution is 2.25. The zero-order chi connectivity index (χ0) is 17.4. The van der Waals surface area contributed by atoms with Gasteiger partial charge in [0.05, 0.1) is 11.3 Å². The van der Waals surface area contributed by atoms with Crippen LogP contribution in [0.4, 0.5) is 5.69 Å². The Morgan fingerprint density at radius 3 is 2.32 bits per heavy atom. The SMILES string of the molecule is NC(=S)c1ccc(-c2ccncc2)n2nc(-c3ccc(N)cc3)nc12. The van der Waals surface area contributed by atoms with Crippen LogP contribution in [-0.2, 0) is 0 Å². The van der Waals surface area contributed by atoms with E-state index in [1.165, 1.54) is 0 Å². The van der Waals surface area contributed by atoms with Gasteiger partial charge >= 0.3 is 0 Å². The van der Waals surface area contributed by atoms with Crippen LogP contribution in [0.2, 0.25) is 0 Å². The maximum atomic E-state index is 5.86. The number of nitrogens with two attached hydrogens (primary N) is 2. The number of rotatable bonds is 3. The molecule has 4 rings (SSSR count). The normalized spacial score (nSPS) is 10.9. The van der Waals surface area contributed by atoms with E-state index in [0.717, 1.165) is 16.8 Å². The highest BCUT2D eigenvalue weighted by molar-refractivity contribution is 7.80. The van der Waals surface area contributed by atoms with Gasteiger partial charge in [-0.05, 0) is 48.5 Å². The Morgan fingerprint density at radius 2 is 1.64 bits per heavy atom. The van der Waals surface area contributed by atoms with E-state index in [0.29, 0.717) is 22.7 Å². The van der Waals surface area contributed by atoms with E-state index < -0.39 is 0 Å². The van der Waals surface area contributed by atoms with Gasteiger partial charge in [-0.2, -0.15) is 0 Å². The molecule has 25 heavy (non-hydrogen) atoms. The summed E-state index contributed by atoms with van der Waals surface area (Å²) < 4.78 is 1.76. The Kier molecular flexibility index (Phi) is 3.62. The van der Waals surface area contributed by atoms with Crippen LogP contribution in [-0.4, -0.2) is 24.6 Å². The molecule has 0 amide bonds. The smallest absolute Gasteiger partial charge is 0.182 e. The maximum absolute atomic E-state index is 5.86. The van der Waals surface area contributed by atoms with Crippen molar-refractivity contribution in [2.45, 2.75) is 0 Å². The van der Waals surface area contributed by atoms with Crippen molar-refractivity contribution in [2.75, 3.05) is 5.73 Å². The fourth-order valence-electron chi connectivity index (χ4n) is 2.65. The van der Waals surface area contributed by atoms with Gasteiger partial charge in [0.25, 0.3) is 0 Å². The van der Waals surface area contributed by atoms with Crippen LogP contribution < -0.4 is 11.5 Å². The van der Waals surface area contributed by atoms with Gasteiger partial charge in [0.2, 0.25) is 0 Å². The standard InChI is InChI=1S/C18H14N6S/c19-13-3-1-12(2-4-13)17-22-18-14(16(20)25)5-6-15(24(18)23-17)11-7-9-21-10-8-11/h1-10H,19H2,(H2,20,25). The topological polar surface area (TPSA) is 95.1 Å². The molecule has 0 unspecified atom stereocenters. The molecular weight excluding hydrogens is 332 g/mol. The van der Waals surface area contributed by atoms with Crippen molar-refractivity contribution in [1.82, 2.24) is 19.6 Å². The minimum atomic E-state index is 0.280. The number of nitrogens with zero attached hydrogens (tertiary/aromatic N) is 4. The van der Waals surface area contributed by atoms with E-state index >= 15 is 0 Å². The number of aromatic nitrogens is 4. The van der Waals surface area contributed by atoms with Crippen LogP contribution in [0.15, 0.2) is 60.9 Å². The first kappa shape index (κ1) is 15.2. The zero-order valence-corrected chi connectivity index (χ0v) is 13.9. The van der Waals surface area contributed by atoms with Gasteiger partial charge < -0.3 is 11.5 Å². The lowest BCUT2D eigenvalue weighted by molar-refractivity contribution is 0.972. The molecule has 0 saturated heterocycles. The fourth-order valence-corrected chi connectivity index (χ4v) is 2.81. The van der Waals surface area contributed by atoms with Crippen molar-refractivity contribution in [3.05, 3.63) is 66.5 Å². The molecule has 4 N–H and O–H groups in total. The van der Waals surface area contributed by atoms with Crippen LogP contribution >= 0.6 is 12.2 Å². The Morgan fingerprint density at radius 1 is 0.920 bits per heavy atom. The molecule has 0 saturated carbocycles. The highest BCUT2D eigenvalue weighted by atomic mass is 32.1. The third kappa shape index (κ3) is 2.70. The number of pyridine rings is 2. The molecular formula is C18H14N6S. The number of hydrogen-bond donors (Lipinski definition) is 2. The van der Waals surface area contributed by atoms with Crippen LogP contribution in [0, 0.1) is 0 Å². The first-order valence-electron chi connectivity index (χ1n) is 7.59. The average Bonchev–Trinajstić information content (AvgIpc) is 3.07. The van der Waals surface area contributed by atoms with Gasteiger partial charge in [-0.3, -0.25) is 4.98 Å². The van der Waals surface area contributed by atoms with E-state index in [1.807, 2.05) is 48.5 Å². The summed E-state index contributed by atoms with van der Waals surface area (Å²) in [6, 6.07) is 15.0. The van der Waals surface area contributed by atoms with Crippen LogP contribution in [0.3, 0.4) is 0 Å². The van der Waals surface area contributed by atoms with Gasteiger partial charge in [-0.1, -0.05) is 12.2 Å². The average molecular weight is 346 g/mol. The highest BCUT2D eigenvalue weighted by Gasteiger charge is 2.15. The molecule has 0 aliphatic rings. The molecule has 122 valence electrons. The summed E-state index contributed by atoms with van der Waals surface area (Å²) in [7, 11) is 0. The molecule has 0 aliphatic heterocycles. The zero-order valence-electron chi connectivity index (χ0n) is 13.1. The van der Waals surface area contributed by atoms with Crippen LogP contribution in [0.1, 0.15) is 5.56 Å². The minimum absolute atomic E-state index is 0.280. The van der Waals surface area contributed by atoms with Gasteiger partial charge in [0.15, 0.2) is 11.5 Å². The number of benzene rings is 1. The number of hydrogen-bond acceptors (Lipinski definition) is 5. The number of fused-ring (bicyclic) bond motifs is 1.